The van der Waals surface area contributed by atoms with E-state index in [0.29, 0.717) is 11.3 Å². The summed E-state index contributed by atoms with van der Waals surface area (Å²) in [6, 6.07) is 3.96. The van der Waals surface area contributed by atoms with Gasteiger partial charge < -0.3 is 15.5 Å². The van der Waals surface area contributed by atoms with E-state index in [0.717, 1.165) is 0 Å². The van der Waals surface area contributed by atoms with E-state index in [2.05, 4.69) is 10.4 Å². The SMILES string of the molecule is CC(=O)NC[C@H]1CN(c2ccc(C(=N)CC(C)n3cc(C(C)=O)cn3)c(F)c2)C(=O)O1. The fourth-order valence-electron chi connectivity index (χ4n) is 3.27. The number of carbonyl (C=O) groups is 3. The summed E-state index contributed by atoms with van der Waals surface area (Å²) in [6.07, 6.45) is 2.14. The van der Waals surface area contributed by atoms with Crippen LogP contribution in [0.4, 0.5) is 14.9 Å². The quantitative estimate of drug-likeness (QED) is 0.494. The maximum Gasteiger partial charge on any atom is 0.414 e. The van der Waals surface area contributed by atoms with Gasteiger partial charge in [-0.05, 0) is 32.0 Å². The molecule has 0 radical (unpaired) electrons. The van der Waals surface area contributed by atoms with Gasteiger partial charge in [0.2, 0.25) is 5.91 Å². The highest BCUT2D eigenvalue weighted by Gasteiger charge is 2.32. The van der Waals surface area contributed by atoms with Crippen molar-refractivity contribution >= 4 is 29.2 Å². The van der Waals surface area contributed by atoms with Gasteiger partial charge in [0.25, 0.3) is 0 Å². The summed E-state index contributed by atoms with van der Waals surface area (Å²) in [6.45, 7) is 5.01. The molecule has 0 spiro atoms. The number of halogens is 1. The Morgan fingerprint density at radius 1 is 1.39 bits per heavy atom. The highest BCUT2D eigenvalue weighted by Crippen LogP contribution is 2.25. The molecule has 0 aliphatic carbocycles. The monoisotopic (exact) mass is 429 g/mol. The summed E-state index contributed by atoms with van der Waals surface area (Å²) < 4.78 is 21.5. The highest BCUT2D eigenvalue weighted by molar-refractivity contribution is 5.99. The van der Waals surface area contributed by atoms with Gasteiger partial charge in [-0.3, -0.25) is 19.2 Å². The summed E-state index contributed by atoms with van der Waals surface area (Å²) >= 11 is 0. The first-order valence-corrected chi connectivity index (χ1v) is 9.80. The van der Waals surface area contributed by atoms with E-state index in [1.165, 1.54) is 37.1 Å². The molecular formula is C21H24FN5O4. The third-order valence-corrected chi connectivity index (χ3v) is 5.00. The second-order valence-corrected chi connectivity index (χ2v) is 7.51. The van der Waals surface area contributed by atoms with E-state index >= 15 is 0 Å². The summed E-state index contributed by atoms with van der Waals surface area (Å²) in [5.74, 6) is -0.960. The normalized spacial score (nSPS) is 16.7. The maximum absolute atomic E-state index is 14.8. The predicted octanol–water partition coefficient (Wildman–Crippen LogP) is 2.71. The molecule has 0 bridgehead atoms. The number of nitrogens with one attached hydrogen (secondary N) is 2. The van der Waals surface area contributed by atoms with Crippen molar-refractivity contribution < 1.29 is 23.5 Å². The Morgan fingerprint density at radius 3 is 2.74 bits per heavy atom. The zero-order valence-electron chi connectivity index (χ0n) is 17.5. The molecule has 1 saturated heterocycles. The first kappa shape index (κ1) is 22.1. The van der Waals surface area contributed by atoms with Crippen molar-refractivity contribution in [2.75, 3.05) is 18.0 Å². The number of aromatic nitrogens is 2. The van der Waals surface area contributed by atoms with Crippen LogP contribution in [0.5, 0.6) is 0 Å². The number of anilines is 1. The maximum atomic E-state index is 14.8. The number of ether oxygens (including phenoxy) is 1. The minimum absolute atomic E-state index is 0.0731. The molecule has 2 atom stereocenters. The smallest absolute Gasteiger partial charge is 0.414 e. The van der Waals surface area contributed by atoms with Crippen LogP contribution in [0.25, 0.3) is 0 Å². The van der Waals surface area contributed by atoms with Crippen LogP contribution in [0.2, 0.25) is 0 Å². The molecule has 2 heterocycles. The number of nitrogens with zero attached hydrogens (tertiary/aromatic N) is 3. The number of hydrogen-bond donors (Lipinski definition) is 2. The topological polar surface area (TPSA) is 117 Å². The van der Waals surface area contributed by atoms with Crippen LogP contribution in [0, 0.1) is 11.2 Å². The Kier molecular flexibility index (Phi) is 6.47. The molecule has 164 valence electrons. The van der Waals surface area contributed by atoms with Gasteiger partial charge in [-0.1, -0.05) is 0 Å². The first-order valence-electron chi connectivity index (χ1n) is 9.80. The third kappa shape index (κ3) is 5.14. The van der Waals surface area contributed by atoms with Gasteiger partial charge in [0.15, 0.2) is 5.78 Å². The zero-order valence-corrected chi connectivity index (χ0v) is 17.5. The second-order valence-electron chi connectivity index (χ2n) is 7.51. The standard InChI is InChI=1S/C21H24FN5O4/c1-12(27-10-15(8-25-27)13(2)28)6-20(23)18-5-4-16(7-19(18)22)26-11-17(31-21(26)30)9-24-14(3)29/h4-5,7-8,10,12,17,23H,6,9,11H2,1-3H3,(H,24,29)/t12?,17-/m0/s1. The Labute approximate surface area is 178 Å². The summed E-state index contributed by atoms with van der Waals surface area (Å²) in [7, 11) is 0. The fourth-order valence-corrected chi connectivity index (χ4v) is 3.27. The predicted molar refractivity (Wildman–Crippen MR) is 111 cm³/mol. The number of amides is 2. The van der Waals surface area contributed by atoms with Crippen LogP contribution >= 0.6 is 0 Å². The molecule has 9 nitrogen and oxygen atoms in total. The number of hydrogen-bond acceptors (Lipinski definition) is 6. The molecule has 1 aromatic heterocycles. The van der Waals surface area contributed by atoms with E-state index in [1.807, 2.05) is 6.92 Å². The van der Waals surface area contributed by atoms with Crippen LogP contribution < -0.4 is 10.2 Å². The second kappa shape index (κ2) is 9.07. The molecule has 1 fully saturated rings. The number of benzene rings is 1. The minimum atomic E-state index is -0.627. The van der Waals surface area contributed by atoms with Crippen LogP contribution in [-0.2, 0) is 9.53 Å². The number of cyclic esters (lactones) is 1. The van der Waals surface area contributed by atoms with Gasteiger partial charge in [0.05, 0.1) is 36.6 Å². The molecule has 31 heavy (non-hydrogen) atoms. The highest BCUT2D eigenvalue weighted by atomic mass is 19.1. The van der Waals surface area contributed by atoms with Crippen molar-refractivity contribution in [1.29, 1.82) is 5.41 Å². The Balaban J connectivity index is 1.67. The van der Waals surface area contributed by atoms with Crippen LogP contribution in [0.15, 0.2) is 30.6 Å². The van der Waals surface area contributed by atoms with Gasteiger partial charge in [-0.2, -0.15) is 5.10 Å². The molecular weight excluding hydrogens is 405 g/mol. The van der Waals surface area contributed by atoms with Gasteiger partial charge >= 0.3 is 6.09 Å². The largest absolute Gasteiger partial charge is 0.442 e. The average molecular weight is 429 g/mol. The van der Waals surface area contributed by atoms with E-state index in [1.54, 1.807) is 16.9 Å². The molecule has 2 aromatic rings. The summed E-state index contributed by atoms with van der Waals surface area (Å²) in [4.78, 5) is 35.8. The molecule has 1 aromatic carbocycles. The lowest BCUT2D eigenvalue weighted by Crippen LogP contribution is -2.33. The van der Waals surface area contributed by atoms with Crippen molar-refractivity contribution in [1.82, 2.24) is 15.1 Å². The Hall–Kier alpha value is -3.56. The van der Waals surface area contributed by atoms with E-state index in [9.17, 15) is 18.8 Å². The molecule has 10 heteroatoms. The van der Waals surface area contributed by atoms with Crippen molar-refractivity contribution in [3.05, 3.63) is 47.5 Å². The fraction of sp³-hybridized carbons (Fsp3) is 0.381. The van der Waals surface area contributed by atoms with Crippen molar-refractivity contribution in [3.8, 4) is 0 Å². The van der Waals surface area contributed by atoms with Crippen molar-refractivity contribution in [2.45, 2.75) is 39.3 Å². The number of ketones is 1. The first-order chi connectivity index (χ1) is 14.7. The summed E-state index contributed by atoms with van der Waals surface area (Å²) in [5, 5.41) is 15.0. The van der Waals surface area contributed by atoms with E-state index in [4.69, 9.17) is 10.1 Å². The van der Waals surface area contributed by atoms with Crippen LogP contribution in [0.3, 0.4) is 0 Å². The molecule has 1 unspecified atom stereocenters. The lowest BCUT2D eigenvalue weighted by molar-refractivity contribution is -0.119. The minimum Gasteiger partial charge on any atom is -0.442 e. The average Bonchev–Trinajstić information content (AvgIpc) is 3.33. The lowest BCUT2D eigenvalue weighted by atomic mass is 10.0. The third-order valence-electron chi connectivity index (χ3n) is 5.00. The molecule has 1 aliphatic heterocycles. The molecule has 1 aliphatic rings. The van der Waals surface area contributed by atoms with E-state index in [-0.39, 0.29) is 48.5 Å². The van der Waals surface area contributed by atoms with Gasteiger partial charge in [-0.15, -0.1) is 0 Å². The van der Waals surface area contributed by atoms with Gasteiger partial charge in [0, 0.05) is 30.8 Å². The number of rotatable bonds is 8. The number of Topliss-reactive ketones (excluding diaryl/α,β-unsaturated/α-hetero) is 1. The van der Waals surface area contributed by atoms with Gasteiger partial charge in [0.1, 0.15) is 11.9 Å². The van der Waals surface area contributed by atoms with Crippen LogP contribution in [-0.4, -0.2) is 52.5 Å². The Morgan fingerprint density at radius 2 is 2.13 bits per heavy atom. The molecule has 3 rings (SSSR count). The molecule has 0 saturated carbocycles. The van der Waals surface area contributed by atoms with Crippen molar-refractivity contribution in [2.24, 2.45) is 0 Å². The zero-order chi connectivity index (χ0) is 22.7. The molecule has 2 N–H and O–H groups in total. The van der Waals surface area contributed by atoms with E-state index < -0.39 is 18.0 Å². The van der Waals surface area contributed by atoms with Crippen molar-refractivity contribution in [3.63, 3.8) is 0 Å². The summed E-state index contributed by atoms with van der Waals surface area (Å²) in [5.41, 5.74) is 0.986. The lowest BCUT2D eigenvalue weighted by Gasteiger charge is -2.16. The molecule has 2 amide bonds. The van der Waals surface area contributed by atoms with Gasteiger partial charge in [-0.25, -0.2) is 9.18 Å². The Bertz CT molecular complexity index is 1030. The van der Waals surface area contributed by atoms with Crippen LogP contribution in [0.1, 0.15) is 49.2 Å². The number of carbonyl (C=O) groups excluding carboxylic acids is 3.